The SMILES string of the molecule is O=C(NCC(=O)N1CCC2(CC1)CC2)c1cnn(-c2ccccc2)n1. The van der Waals surface area contributed by atoms with E-state index in [0.717, 1.165) is 31.6 Å². The van der Waals surface area contributed by atoms with Crippen LogP contribution in [-0.4, -0.2) is 51.3 Å². The molecule has 2 fully saturated rings. The number of piperidine rings is 1. The zero-order valence-electron chi connectivity index (χ0n) is 14.0. The summed E-state index contributed by atoms with van der Waals surface area (Å²) in [5, 5.41) is 10.9. The summed E-state index contributed by atoms with van der Waals surface area (Å²) in [5.74, 6) is -0.412. The zero-order chi connectivity index (χ0) is 17.3. The first-order valence-electron chi connectivity index (χ1n) is 8.69. The van der Waals surface area contributed by atoms with Crippen molar-refractivity contribution in [2.24, 2.45) is 5.41 Å². The van der Waals surface area contributed by atoms with Crippen molar-refractivity contribution in [2.45, 2.75) is 25.7 Å². The van der Waals surface area contributed by atoms with Crippen LogP contribution in [0.25, 0.3) is 5.69 Å². The van der Waals surface area contributed by atoms with Gasteiger partial charge in [-0.05, 0) is 43.2 Å². The van der Waals surface area contributed by atoms with E-state index >= 15 is 0 Å². The van der Waals surface area contributed by atoms with Crippen LogP contribution in [-0.2, 0) is 4.79 Å². The van der Waals surface area contributed by atoms with Crippen LogP contribution in [0.3, 0.4) is 0 Å². The first-order valence-corrected chi connectivity index (χ1v) is 8.69. The summed E-state index contributed by atoms with van der Waals surface area (Å²) in [6, 6.07) is 9.36. The molecule has 0 unspecified atom stereocenters. The molecule has 7 nitrogen and oxygen atoms in total. The Morgan fingerprint density at radius 2 is 1.80 bits per heavy atom. The average molecular weight is 339 g/mol. The van der Waals surface area contributed by atoms with Crippen molar-refractivity contribution in [3.8, 4) is 5.69 Å². The number of benzene rings is 1. The Morgan fingerprint density at radius 3 is 2.48 bits per heavy atom. The fourth-order valence-electron chi connectivity index (χ4n) is 3.32. The number of carbonyl (C=O) groups excluding carboxylic acids is 2. The van der Waals surface area contributed by atoms with Gasteiger partial charge in [-0.3, -0.25) is 9.59 Å². The van der Waals surface area contributed by atoms with E-state index in [0.29, 0.717) is 5.41 Å². The van der Waals surface area contributed by atoms with Gasteiger partial charge in [0.1, 0.15) is 0 Å². The van der Waals surface area contributed by atoms with E-state index in [1.165, 1.54) is 23.8 Å². The Hall–Kier alpha value is -2.70. The van der Waals surface area contributed by atoms with Crippen LogP contribution < -0.4 is 5.32 Å². The molecule has 2 aliphatic rings. The molecular formula is C18H21N5O2. The number of hydrogen-bond donors (Lipinski definition) is 1. The molecule has 25 heavy (non-hydrogen) atoms. The van der Waals surface area contributed by atoms with Crippen LogP contribution in [0.5, 0.6) is 0 Å². The standard InChI is InChI=1S/C18H21N5O2/c24-16(22-10-8-18(6-7-18)9-11-22)13-19-17(25)15-12-20-23(21-15)14-4-2-1-3-5-14/h1-5,12H,6-11,13H2,(H,19,25). The Bertz CT molecular complexity index is 772. The van der Waals surface area contributed by atoms with E-state index in [-0.39, 0.29) is 24.1 Å². The molecule has 4 rings (SSSR count). The number of nitrogens with zero attached hydrogens (tertiary/aromatic N) is 4. The highest BCUT2D eigenvalue weighted by Gasteiger charge is 2.44. The van der Waals surface area contributed by atoms with E-state index in [2.05, 4.69) is 15.5 Å². The van der Waals surface area contributed by atoms with Gasteiger partial charge in [-0.25, -0.2) is 0 Å². The lowest BCUT2D eigenvalue weighted by Crippen LogP contribution is -2.44. The minimum atomic E-state index is -0.383. The van der Waals surface area contributed by atoms with Crippen molar-refractivity contribution in [2.75, 3.05) is 19.6 Å². The molecule has 130 valence electrons. The summed E-state index contributed by atoms with van der Waals surface area (Å²) < 4.78 is 0. The molecule has 0 atom stereocenters. The van der Waals surface area contributed by atoms with Gasteiger partial charge in [0.15, 0.2) is 5.69 Å². The molecule has 1 aromatic carbocycles. The largest absolute Gasteiger partial charge is 0.342 e. The molecule has 1 aliphatic heterocycles. The Morgan fingerprint density at radius 1 is 1.08 bits per heavy atom. The predicted octanol–water partition coefficient (Wildman–Crippen LogP) is 1.40. The van der Waals surface area contributed by atoms with Gasteiger partial charge in [0.25, 0.3) is 5.91 Å². The summed E-state index contributed by atoms with van der Waals surface area (Å²) >= 11 is 0. The predicted molar refractivity (Wildman–Crippen MR) is 91.2 cm³/mol. The van der Waals surface area contributed by atoms with Crippen LogP contribution in [0.2, 0.25) is 0 Å². The molecule has 2 heterocycles. The number of nitrogens with one attached hydrogen (secondary N) is 1. The lowest BCUT2D eigenvalue weighted by molar-refractivity contribution is -0.131. The van der Waals surface area contributed by atoms with Gasteiger partial charge in [-0.15, -0.1) is 5.10 Å². The lowest BCUT2D eigenvalue weighted by atomic mass is 9.94. The van der Waals surface area contributed by atoms with Gasteiger partial charge in [0.05, 0.1) is 18.4 Å². The molecule has 1 saturated carbocycles. The summed E-state index contributed by atoms with van der Waals surface area (Å²) in [4.78, 5) is 27.7. The van der Waals surface area contributed by atoms with Crippen LogP contribution >= 0.6 is 0 Å². The van der Waals surface area contributed by atoms with E-state index in [1.54, 1.807) is 0 Å². The fraction of sp³-hybridized carbons (Fsp3) is 0.444. The van der Waals surface area contributed by atoms with Gasteiger partial charge in [0, 0.05) is 13.1 Å². The molecule has 1 saturated heterocycles. The highest BCUT2D eigenvalue weighted by molar-refractivity contribution is 5.94. The maximum Gasteiger partial charge on any atom is 0.273 e. The number of para-hydroxylation sites is 1. The van der Waals surface area contributed by atoms with Crippen molar-refractivity contribution in [1.82, 2.24) is 25.2 Å². The Labute approximate surface area is 146 Å². The van der Waals surface area contributed by atoms with Crippen molar-refractivity contribution >= 4 is 11.8 Å². The third kappa shape index (κ3) is 3.40. The summed E-state index contributed by atoms with van der Waals surface area (Å²) in [6.07, 6.45) is 6.21. The Kier molecular flexibility index (Phi) is 3.99. The van der Waals surface area contributed by atoms with E-state index < -0.39 is 0 Å². The molecule has 1 N–H and O–H groups in total. The molecular weight excluding hydrogens is 318 g/mol. The maximum absolute atomic E-state index is 12.3. The third-order valence-electron chi connectivity index (χ3n) is 5.25. The molecule has 2 aromatic rings. The van der Waals surface area contributed by atoms with Gasteiger partial charge >= 0.3 is 0 Å². The van der Waals surface area contributed by atoms with Gasteiger partial charge in [-0.2, -0.15) is 9.90 Å². The van der Waals surface area contributed by atoms with Gasteiger partial charge in [0.2, 0.25) is 5.91 Å². The van der Waals surface area contributed by atoms with Crippen LogP contribution in [0.4, 0.5) is 0 Å². The normalized spacial score (nSPS) is 18.2. The quantitative estimate of drug-likeness (QED) is 0.913. The molecule has 7 heteroatoms. The van der Waals surface area contributed by atoms with Gasteiger partial charge in [-0.1, -0.05) is 18.2 Å². The first-order chi connectivity index (χ1) is 12.2. The van der Waals surface area contributed by atoms with E-state index in [1.807, 2.05) is 35.2 Å². The van der Waals surface area contributed by atoms with Crippen molar-refractivity contribution in [1.29, 1.82) is 0 Å². The fourth-order valence-corrected chi connectivity index (χ4v) is 3.32. The zero-order valence-corrected chi connectivity index (χ0v) is 14.0. The second-order valence-corrected chi connectivity index (χ2v) is 6.92. The smallest absolute Gasteiger partial charge is 0.273 e. The topological polar surface area (TPSA) is 80.1 Å². The molecule has 0 bridgehead atoms. The second-order valence-electron chi connectivity index (χ2n) is 6.92. The summed E-state index contributed by atoms with van der Waals surface area (Å²) in [5.41, 5.74) is 1.52. The summed E-state index contributed by atoms with van der Waals surface area (Å²) in [7, 11) is 0. The number of aromatic nitrogens is 3. The minimum Gasteiger partial charge on any atom is -0.342 e. The molecule has 1 aromatic heterocycles. The summed E-state index contributed by atoms with van der Waals surface area (Å²) in [6.45, 7) is 1.61. The number of carbonyl (C=O) groups is 2. The third-order valence-corrected chi connectivity index (χ3v) is 5.25. The molecule has 1 aliphatic carbocycles. The molecule has 1 spiro atoms. The van der Waals surface area contributed by atoms with Crippen LogP contribution in [0.1, 0.15) is 36.2 Å². The molecule has 0 radical (unpaired) electrons. The van der Waals surface area contributed by atoms with E-state index in [4.69, 9.17) is 0 Å². The van der Waals surface area contributed by atoms with Crippen molar-refractivity contribution < 1.29 is 9.59 Å². The number of hydrogen-bond acceptors (Lipinski definition) is 4. The van der Waals surface area contributed by atoms with E-state index in [9.17, 15) is 9.59 Å². The maximum atomic E-state index is 12.3. The van der Waals surface area contributed by atoms with Crippen LogP contribution in [0, 0.1) is 5.41 Å². The van der Waals surface area contributed by atoms with Gasteiger partial charge < -0.3 is 10.2 Å². The highest BCUT2D eigenvalue weighted by Crippen LogP contribution is 2.53. The Balaban J connectivity index is 1.30. The lowest BCUT2D eigenvalue weighted by Gasteiger charge is -2.32. The first kappa shape index (κ1) is 15.8. The second kappa shape index (κ2) is 6.31. The number of amides is 2. The average Bonchev–Trinajstić information content (AvgIpc) is 3.22. The highest BCUT2D eigenvalue weighted by atomic mass is 16.2. The number of likely N-dealkylation sites (tertiary alicyclic amines) is 1. The van der Waals surface area contributed by atoms with Crippen molar-refractivity contribution in [3.63, 3.8) is 0 Å². The van der Waals surface area contributed by atoms with Crippen molar-refractivity contribution in [3.05, 3.63) is 42.2 Å². The number of rotatable bonds is 4. The molecule has 2 amide bonds. The van der Waals surface area contributed by atoms with Crippen LogP contribution in [0.15, 0.2) is 36.5 Å². The minimum absolute atomic E-state index is 0.00400. The monoisotopic (exact) mass is 339 g/mol.